The Bertz CT molecular complexity index is 368. The zero-order valence-corrected chi connectivity index (χ0v) is 11.0. The summed E-state index contributed by atoms with van der Waals surface area (Å²) in [6.07, 6.45) is 1.04. The first-order chi connectivity index (χ1) is 7.91. The van der Waals surface area contributed by atoms with Crippen molar-refractivity contribution < 1.29 is 10.0 Å². The first-order valence-corrected chi connectivity index (χ1v) is 5.97. The van der Waals surface area contributed by atoms with Crippen LogP contribution in [0.3, 0.4) is 0 Å². The van der Waals surface area contributed by atoms with Gasteiger partial charge in [-0.25, -0.2) is 5.06 Å². The van der Waals surface area contributed by atoms with Crippen LogP contribution in [0, 0.1) is 5.92 Å². The summed E-state index contributed by atoms with van der Waals surface area (Å²) in [6.45, 7) is 6.16. The number of likely N-dealkylation sites (N-methyl/N-ethyl adjacent to an activating group) is 1. The van der Waals surface area contributed by atoms with Gasteiger partial charge < -0.3 is 0 Å². The van der Waals surface area contributed by atoms with E-state index in [1.807, 2.05) is 12.1 Å². The van der Waals surface area contributed by atoms with Crippen LogP contribution >= 0.6 is 0 Å². The Labute approximate surface area is 103 Å². The predicted octanol–water partition coefficient (Wildman–Crippen LogP) is 2.84. The normalized spacial score (nSPS) is 12.6. The van der Waals surface area contributed by atoms with Gasteiger partial charge in [0.1, 0.15) is 0 Å². The molecule has 0 unspecified atom stereocenters. The molecule has 1 rings (SSSR count). The van der Waals surface area contributed by atoms with Crippen LogP contribution in [0.25, 0.3) is 0 Å². The molecule has 0 radical (unpaired) electrons. The molecule has 0 aliphatic heterocycles. The highest BCUT2D eigenvalue weighted by Crippen LogP contribution is 2.18. The highest BCUT2D eigenvalue weighted by atomic mass is 16.5. The number of benzene rings is 1. The predicted molar refractivity (Wildman–Crippen MR) is 68.0 cm³/mol. The van der Waals surface area contributed by atoms with Crippen molar-refractivity contribution in [3.8, 4) is 0 Å². The van der Waals surface area contributed by atoms with E-state index in [1.165, 1.54) is 12.6 Å². The van der Waals surface area contributed by atoms with E-state index in [0.717, 1.165) is 12.0 Å². The third-order valence-electron chi connectivity index (χ3n) is 2.81. The molecule has 0 aliphatic carbocycles. The second-order valence-corrected chi connectivity index (χ2v) is 4.92. The van der Waals surface area contributed by atoms with E-state index >= 15 is 0 Å². The number of hydrogen-bond acceptors (Lipinski definition) is 2. The molecule has 0 spiro atoms. The van der Waals surface area contributed by atoms with E-state index in [1.54, 1.807) is 6.92 Å². The molecule has 3 heteroatoms. The van der Waals surface area contributed by atoms with E-state index in [9.17, 15) is 4.79 Å². The minimum atomic E-state index is -0.307. The van der Waals surface area contributed by atoms with Crippen LogP contribution in [-0.4, -0.2) is 23.2 Å². The van der Waals surface area contributed by atoms with Crippen molar-refractivity contribution >= 4 is 5.91 Å². The van der Waals surface area contributed by atoms with E-state index in [-0.39, 0.29) is 11.8 Å². The molecule has 94 valence electrons. The summed E-state index contributed by atoms with van der Waals surface area (Å²) in [6, 6.07) is 8.03. The molecule has 0 bridgehead atoms. The Kier molecular flexibility index (Phi) is 4.70. The molecule has 3 nitrogen and oxygen atoms in total. The number of nitrogens with zero attached hydrogens (tertiary/aromatic N) is 1. The summed E-state index contributed by atoms with van der Waals surface area (Å²) in [4.78, 5) is 11.6. The van der Waals surface area contributed by atoms with Gasteiger partial charge in [0.05, 0.1) is 5.92 Å². The van der Waals surface area contributed by atoms with Crippen LogP contribution in [-0.2, 0) is 11.2 Å². The van der Waals surface area contributed by atoms with Gasteiger partial charge in [-0.05, 0) is 30.4 Å². The van der Waals surface area contributed by atoms with Crippen LogP contribution in [0.4, 0.5) is 0 Å². The summed E-state index contributed by atoms with van der Waals surface area (Å²) in [5.74, 6) is 0.0307. The third-order valence-corrected chi connectivity index (χ3v) is 2.81. The van der Waals surface area contributed by atoms with Gasteiger partial charge in [-0.1, -0.05) is 38.1 Å². The molecule has 17 heavy (non-hydrogen) atoms. The van der Waals surface area contributed by atoms with Crippen LogP contribution in [0.2, 0.25) is 0 Å². The summed E-state index contributed by atoms with van der Waals surface area (Å²) in [5, 5.41) is 9.76. The highest BCUT2D eigenvalue weighted by molar-refractivity contribution is 5.82. The standard InChI is InChI=1S/C14H21NO2/c1-10(2)9-12-5-7-13(8-6-12)11(3)14(16)15(4)17/h5-8,10-11,17H,9H2,1-4H3/t11-/m1/s1. The molecule has 0 heterocycles. The van der Waals surface area contributed by atoms with Crippen molar-refractivity contribution in [2.45, 2.75) is 33.1 Å². The number of carbonyl (C=O) groups excluding carboxylic acids is 1. The molecular formula is C14H21NO2. The molecule has 1 aromatic rings. The van der Waals surface area contributed by atoms with Crippen LogP contribution in [0.15, 0.2) is 24.3 Å². The Morgan fingerprint density at radius 3 is 2.18 bits per heavy atom. The molecule has 1 N–H and O–H groups in total. The molecule has 1 atom stereocenters. The van der Waals surface area contributed by atoms with E-state index in [2.05, 4.69) is 26.0 Å². The Morgan fingerprint density at radius 2 is 1.76 bits per heavy atom. The van der Waals surface area contributed by atoms with Gasteiger partial charge in [0.25, 0.3) is 5.91 Å². The Balaban J connectivity index is 2.77. The Morgan fingerprint density at radius 1 is 1.24 bits per heavy atom. The average molecular weight is 235 g/mol. The van der Waals surface area contributed by atoms with E-state index in [4.69, 9.17) is 5.21 Å². The van der Waals surface area contributed by atoms with Gasteiger partial charge in [-0.2, -0.15) is 0 Å². The van der Waals surface area contributed by atoms with Crippen molar-refractivity contribution in [3.63, 3.8) is 0 Å². The van der Waals surface area contributed by atoms with Crippen LogP contribution < -0.4 is 0 Å². The third kappa shape index (κ3) is 3.86. The van der Waals surface area contributed by atoms with E-state index < -0.39 is 0 Å². The second-order valence-electron chi connectivity index (χ2n) is 4.92. The first-order valence-electron chi connectivity index (χ1n) is 5.97. The maximum Gasteiger partial charge on any atom is 0.252 e. The number of rotatable bonds is 4. The zero-order chi connectivity index (χ0) is 13.0. The SMILES string of the molecule is CC(C)Cc1ccc([C@@H](C)C(=O)N(C)O)cc1. The molecule has 1 aromatic carbocycles. The van der Waals surface area contributed by atoms with Gasteiger partial charge >= 0.3 is 0 Å². The first kappa shape index (κ1) is 13.7. The summed E-state index contributed by atoms with van der Waals surface area (Å²) in [7, 11) is 1.35. The molecule has 0 aliphatic rings. The fourth-order valence-corrected chi connectivity index (χ4v) is 1.84. The molecule has 0 aromatic heterocycles. The lowest BCUT2D eigenvalue weighted by molar-refractivity contribution is -0.160. The smallest absolute Gasteiger partial charge is 0.252 e. The summed E-state index contributed by atoms with van der Waals surface area (Å²) in [5.41, 5.74) is 2.21. The fourth-order valence-electron chi connectivity index (χ4n) is 1.84. The molecule has 0 saturated heterocycles. The fraction of sp³-hybridized carbons (Fsp3) is 0.500. The van der Waals surface area contributed by atoms with Gasteiger partial charge in [0.2, 0.25) is 0 Å². The lowest BCUT2D eigenvalue weighted by Gasteiger charge is -2.16. The van der Waals surface area contributed by atoms with Crippen molar-refractivity contribution in [2.75, 3.05) is 7.05 Å². The van der Waals surface area contributed by atoms with Crippen molar-refractivity contribution in [3.05, 3.63) is 35.4 Å². The molecule has 0 saturated carbocycles. The minimum Gasteiger partial charge on any atom is -0.286 e. The lowest BCUT2D eigenvalue weighted by atomic mass is 9.96. The average Bonchev–Trinajstić information content (AvgIpc) is 2.27. The minimum absolute atomic E-state index is 0.290. The summed E-state index contributed by atoms with van der Waals surface area (Å²) < 4.78 is 0. The van der Waals surface area contributed by atoms with Crippen LogP contribution in [0.1, 0.15) is 37.8 Å². The van der Waals surface area contributed by atoms with Crippen LogP contribution in [0.5, 0.6) is 0 Å². The van der Waals surface area contributed by atoms with Crippen molar-refractivity contribution in [1.82, 2.24) is 5.06 Å². The largest absolute Gasteiger partial charge is 0.286 e. The number of hydroxylamine groups is 2. The quantitative estimate of drug-likeness (QED) is 0.644. The van der Waals surface area contributed by atoms with Crippen molar-refractivity contribution in [2.24, 2.45) is 5.92 Å². The highest BCUT2D eigenvalue weighted by Gasteiger charge is 2.17. The summed E-state index contributed by atoms with van der Waals surface area (Å²) >= 11 is 0. The van der Waals surface area contributed by atoms with E-state index in [0.29, 0.717) is 11.0 Å². The van der Waals surface area contributed by atoms with Gasteiger partial charge in [0, 0.05) is 7.05 Å². The van der Waals surface area contributed by atoms with Gasteiger partial charge in [0.15, 0.2) is 0 Å². The second kappa shape index (κ2) is 5.82. The maximum absolute atomic E-state index is 11.6. The Hall–Kier alpha value is -1.35. The lowest BCUT2D eigenvalue weighted by Crippen LogP contribution is -2.27. The zero-order valence-electron chi connectivity index (χ0n) is 11.0. The molecule has 1 amide bonds. The van der Waals surface area contributed by atoms with Crippen molar-refractivity contribution in [1.29, 1.82) is 0 Å². The van der Waals surface area contributed by atoms with Gasteiger partial charge in [-0.3, -0.25) is 10.0 Å². The number of hydrogen-bond donors (Lipinski definition) is 1. The van der Waals surface area contributed by atoms with Gasteiger partial charge in [-0.15, -0.1) is 0 Å². The number of carbonyl (C=O) groups is 1. The maximum atomic E-state index is 11.6. The molecular weight excluding hydrogens is 214 g/mol. The number of amides is 1. The monoisotopic (exact) mass is 235 g/mol. The topological polar surface area (TPSA) is 40.5 Å². The molecule has 0 fully saturated rings.